The van der Waals surface area contributed by atoms with Gasteiger partial charge in [-0.25, -0.2) is 0 Å². The second kappa shape index (κ2) is 7.11. The molecule has 0 saturated carbocycles. The molecule has 1 nitrogen and oxygen atoms in total. The van der Waals surface area contributed by atoms with Crippen molar-refractivity contribution < 1.29 is 13.2 Å². The summed E-state index contributed by atoms with van der Waals surface area (Å²) >= 11 is 0. The van der Waals surface area contributed by atoms with E-state index >= 15 is 0 Å². The van der Waals surface area contributed by atoms with Gasteiger partial charge in [0.1, 0.15) is 0 Å². The minimum absolute atomic E-state index is 0.0947. The molecule has 0 aliphatic carbocycles. The van der Waals surface area contributed by atoms with Gasteiger partial charge in [-0.15, -0.1) is 0 Å². The maximum atomic E-state index is 12.6. The third-order valence-electron chi connectivity index (χ3n) is 3.79. The summed E-state index contributed by atoms with van der Waals surface area (Å²) in [5.74, 6) is 0.824. The van der Waals surface area contributed by atoms with Gasteiger partial charge in [-0.2, -0.15) is 13.2 Å². The first-order chi connectivity index (χ1) is 9.27. The molecule has 0 heterocycles. The highest BCUT2D eigenvalue weighted by molar-refractivity contribution is 5.27. The van der Waals surface area contributed by atoms with Crippen LogP contribution in [0.15, 0.2) is 24.3 Å². The zero-order valence-corrected chi connectivity index (χ0v) is 12.6. The second-order valence-electron chi connectivity index (χ2n) is 5.65. The summed E-state index contributed by atoms with van der Waals surface area (Å²) in [6, 6.07) is 5.62. The minimum Gasteiger partial charge on any atom is -0.310 e. The molecule has 2 unspecified atom stereocenters. The summed E-state index contributed by atoms with van der Waals surface area (Å²) in [7, 11) is 0. The number of alkyl halides is 3. The number of benzene rings is 1. The molecule has 4 heteroatoms. The molecule has 0 aromatic heterocycles. The minimum atomic E-state index is -4.27. The summed E-state index contributed by atoms with van der Waals surface area (Å²) in [4.78, 5) is 0. The zero-order chi connectivity index (χ0) is 15.3. The van der Waals surface area contributed by atoms with E-state index in [-0.39, 0.29) is 6.04 Å². The highest BCUT2D eigenvalue weighted by atomic mass is 19.4. The van der Waals surface area contributed by atoms with Crippen molar-refractivity contribution >= 4 is 0 Å². The monoisotopic (exact) mass is 287 g/mol. The first-order valence-corrected chi connectivity index (χ1v) is 7.18. The van der Waals surface area contributed by atoms with Gasteiger partial charge < -0.3 is 5.32 Å². The largest absolute Gasteiger partial charge is 0.416 e. The van der Waals surface area contributed by atoms with Crippen LogP contribution in [0.3, 0.4) is 0 Å². The molecule has 0 amide bonds. The second-order valence-corrected chi connectivity index (χ2v) is 5.65. The van der Waals surface area contributed by atoms with E-state index < -0.39 is 11.7 Å². The van der Waals surface area contributed by atoms with E-state index in [9.17, 15) is 13.2 Å². The lowest BCUT2D eigenvalue weighted by molar-refractivity contribution is -0.137. The fourth-order valence-electron chi connectivity index (χ4n) is 2.17. The van der Waals surface area contributed by atoms with Crippen molar-refractivity contribution in [3.05, 3.63) is 35.4 Å². The third-order valence-corrected chi connectivity index (χ3v) is 3.79. The molecule has 114 valence electrons. The molecular formula is C16H24F3N. The Labute approximate surface area is 119 Å². The van der Waals surface area contributed by atoms with Crippen molar-refractivity contribution in [2.24, 2.45) is 11.8 Å². The van der Waals surface area contributed by atoms with Crippen molar-refractivity contribution in [1.82, 2.24) is 5.32 Å². The molecule has 1 N–H and O–H groups in total. The Morgan fingerprint density at radius 1 is 1.05 bits per heavy atom. The average molecular weight is 287 g/mol. The van der Waals surface area contributed by atoms with E-state index in [0.29, 0.717) is 11.8 Å². The quantitative estimate of drug-likeness (QED) is 0.773. The van der Waals surface area contributed by atoms with Crippen molar-refractivity contribution in [2.75, 3.05) is 6.54 Å². The van der Waals surface area contributed by atoms with Gasteiger partial charge in [0.25, 0.3) is 0 Å². The van der Waals surface area contributed by atoms with Crippen LogP contribution in [0, 0.1) is 11.8 Å². The summed E-state index contributed by atoms with van der Waals surface area (Å²) < 4.78 is 37.8. The number of hydrogen-bond acceptors (Lipinski definition) is 1. The van der Waals surface area contributed by atoms with Crippen molar-refractivity contribution in [3.8, 4) is 0 Å². The topological polar surface area (TPSA) is 12.0 Å². The van der Waals surface area contributed by atoms with Crippen LogP contribution in [0.4, 0.5) is 13.2 Å². The van der Waals surface area contributed by atoms with Gasteiger partial charge in [-0.05, 0) is 42.5 Å². The fraction of sp³-hybridized carbons (Fsp3) is 0.625. The Morgan fingerprint density at radius 3 is 2.00 bits per heavy atom. The van der Waals surface area contributed by atoms with Crippen LogP contribution in [-0.4, -0.2) is 6.54 Å². The first kappa shape index (κ1) is 17.0. The average Bonchev–Trinajstić information content (AvgIpc) is 2.38. The summed E-state index contributed by atoms with van der Waals surface area (Å²) in [6.45, 7) is 9.35. The lowest BCUT2D eigenvalue weighted by atomic mass is 9.85. The van der Waals surface area contributed by atoms with E-state index in [1.165, 1.54) is 12.1 Å². The number of hydrogen-bond donors (Lipinski definition) is 1. The maximum Gasteiger partial charge on any atom is 0.416 e. The van der Waals surface area contributed by atoms with Gasteiger partial charge in [0.15, 0.2) is 0 Å². The number of halogens is 3. The van der Waals surface area contributed by atoms with Crippen molar-refractivity contribution in [2.45, 2.75) is 46.3 Å². The molecule has 1 aromatic carbocycles. The van der Waals surface area contributed by atoms with Crippen molar-refractivity contribution in [1.29, 1.82) is 0 Å². The van der Waals surface area contributed by atoms with E-state index in [4.69, 9.17) is 0 Å². The van der Waals surface area contributed by atoms with Crippen LogP contribution in [0.5, 0.6) is 0 Å². The van der Waals surface area contributed by atoms with Crippen LogP contribution in [0.25, 0.3) is 0 Å². The fourth-order valence-corrected chi connectivity index (χ4v) is 2.17. The lowest BCUT2D eigenvalue weighted by Crippen LogP contribution is -2.30. The van der Waals surface area contributed by atoms with E-state index in [0.717, 1.165) is 18.5 Å². The van der Waals surface area contributed by atoms with Gasteiger partial charge in [0.2, 0.25) is 0 Å². The van der Waals surface area contributed by atoms with E-state index in [2.05, 4.69) is 33.0 Å². The number of nitrogens with one attached hydrogen (secondary N) is 1. The molecule has 0 spiro atoms. The van der Waals surface area contributed by atoms with Crippen LogP contribution in [0.1, 0.15) is 51.3 Å². The Bertz CT molecular complexity index is 395. The molecule has 1 rings (SSSR count). The summed E-state index contributed by atoms with van der Waals surface area (Å²) in [6.07, 6.45) is -3.27. The third kappa shape index (κ3) is 4.51. The Morgan fingerprint density at radius 2 is 1.60 bits per heavy atom. The highest BCUT2D eigenvalue weighted by Gasteiger charge is 2.30. The van der Waals surface area contributed by atoms with Gasteiger partial charge in [-0.3, -0.25) is 0 Å². The highest BCUT2D eigenvalue weighted by Crippen LogP contribution is 2.32. The Kier molecular flexibility index (Phi) is 6.06. The summed E-state index contributed by atoms with van der Waals surface area (Å²) in [5, 5.41) is 3.44. The predicted molar refractivity (Wildman–Crippen MR) is 76.5 cm³/mol. The standard InChI is InChI=1S/C16H24F3N/c1-5-10-20-15(12(4)11(2)3)13-6-8-14(9-7-13)16(17,18)19/h6-9,11-12,15,20H,5,10H2,1-4H3. The molecule has 0 aliphatic heterocycles. The smallest absolute Gasteiger partial charge is 0.310 e. The molecule has 2 atom stereocenters. The van der Waals surface area contributed by atoms with Crippen LogP contribution < -0.4 is 5.32 Å². The van der Waals surface area contributed by atoms with Crippen LogP contribution in [0.2, 0.25) is 0 Å². The lowest BCUT2D eigenvalue weighted by Gasteiger charge is -2.28. The Hall–Kier alpha value is -1.03. The first-order valence-electron chi connectivity index (χ1n) is 7.18. The van der Waals surface area contributed by atoms with Crippen LogP contribution in [-0.2, 0) is 6.18 Å². The van der Waals surface area contributed by atoms with Gasteiger partial charge >= 0.3 is 6.18 Å². The van der Waals surface area contributed by atoms with E-state index in [1.54, 1.807) is 12.1 Å². The molecule has 1 aromatic rings. The maximum absolute atomic E-state index is 12.6. The predicted octanol–water partition coefficient (Wildman–Crippen LogP) is 5.04. The Balaban J connectivity index is 2.96. The van der Waals surface area contributed by atoms with Gasteiger partial charge in [-0.1, -0.05) is 39.8 Å². The number of rotatable bonds is 6. The molecular weight excluding hydrogens is 263 g/mol. The van der Waals surface area contributed by atoms with E-state index in [1.807, 2.05) is 0 Å². The molecule has 0 bridgehead atoms. The molecule has 0 radical (unpaired) electrons. The SMILES string of the molecule is CCCNC(c1ccc(C(F)(F)F)cc1)C(C)C(C)C. The van der Waals surface area contributed by atoms with Crippen molar-refractivity contribution in [3.63, 3.8) is 0 Å². The molecule has 20 heavy (non-hydrogen) atoms. The molecule has 0 saturated heterocycles. The zero-order valence-electron chi connectivity index (χ0n) is 12.6. The van der Waals surface area contributed by atoms with Gasteiger partial charge in [0, 0.05) is 6.04 Å². The molecule has 0 aliphatic rings. The molecule has 0 fully saturated rings. The van der Waals surface area contributed by atoms with Gasteiger partial charge in [0.05, 0.1) is 5.56 Å². The van der Waals surface area contributed by atoms with Crippen LogP contribution >= 0.6 is 0 Å². The normalized spacial score (nSPS) is 15.4. The summed E-state index contributed by atoms with van der Waals surface area (Å²) in [5.41, 5.74) is 0.334.